The Morgan fingerprint density at radius 2 is 1.76 bits per heavy atom. The summed E-state index contributed by atoms with van der Waals surface area (Å²) in [5.41, 5.74) is 7.73. The number of aromatic amines is 1. The Kier molecular flexibility index (Phi) is 5.18. The van der Waals surface area contributed by atoms with E-state index in [0.29, 0.717) is 24.3 Å². The first kappa shape index (κ1) is 18.9. The van der Waals surface area contributed by atoms with Gasteiger partial charge in [-0.1, -0.05) is 24.3 Å². The molecule has 0 aliphatic carbocycles. The molecule has 2 amide bonds. The summed E-state index contributed by atoms with van der Waals surface area (Å²) in [7, 11) is 0. The second-order valence-corrected chi connectivity index (χ2v) is 7.28. The van der Waals surface area contributed by atoms with Gasteiger partial charge in [0.1, 0.15) is 0 Å². The standard InChI is InChI=1S/C21H23N5O3/c22-20(28)15-5-1-2-6-16(15)23-19(27)13-25-11-9-14(10-12-25)26-18-8-4-3-7-17(18)24-21(26)29/h1-8,14H,9-13H2,(H2,22,28)(H,23,27)(H,24,29). The first-order valence-electron chi connectivity index (χ1n) is 9.63. The third kappa shape index (κ3) is 3.93. The minimum atomic E-state index is -0.578. The number of aromatic nitrogens is 2. The molecule has 1 saturated heterocycles. The fraction of sp³-hybridized carbons (Fsp3) is 0.286. The van der Waals surface area contributed by atoms with Crippen molar-refractivity contribution in [2.75, 3.05) is 25.0 Å². The molecule has 1 aromatic heterocycles. The average Bonchev–Trinajstić information content (AvgIpc) is 3.04. The van der Waals surface area contributed by atoms with Crippen LogP contribution in [0, 0.1) is 0 Å². The van der Waals surface area contributed by atoms with Gasteiger partial charge in [-0.2, -0.15) is 0 Å². The van der Waals surface area contributed by atoms with E-state index in [1.807, 2.05) is 28.8 Å². The number of nitrogens with two attached hydrogens (primary N) is 1. The van der Waals surface area contributed by atoms with Crippen LogP contribution >= 0.6 is 0 Å². The number of carbonyl (C=O) groups excluding carboxylic acids is 2. The number of anilines is 1. The van der Waals surface area contributed by atoms with Crippen LogP contribution < -0.4 is 16.7 Å². The van der Waals surface area contributed by atoms with Gasteiger partial charge in [-0.05, 0) is 37.1 Å². The molecule has 29 heavy (non-hydrogen) atoms. The smallest absolute Gasteiger partial charge is 0.326 e. The number of hydrogen-bond acceptors (Lipinski definition) is 4. The Morgan fingerprint density at radius 1 is 1.07 bits per heavy atom. The zero-order chi connectivity index (χ0) is 20.4. The monoisotopic (exact) mass is 393 g/mol. The number of likely N-dealkylation sites (tertiary alicyclic amines) is 1. The van der Waals surface area contributed by atoms with Crippen LogP contribution in [0.5, 0.6) is 0 Å². The highest BCUT2D eigenvalue weighted by Crippen LogP contribution is 2.24. The van der Waals surface area contributed by atoms with Crippen LogP contribution in [-0.4, -0.2) is 45.9 Å². The Balaban J connectivity index is 1.38. The van der Waals surface area contributed by atoms with Gasteiger partial charge >= 0.3 is 5.69 Å². The third-order valence-electron chi connectivity index (χ3n) is 5.38. The number of fused-ring (bicyclic) bond motifs is 1. The minimum absolute atomic E-state index is 0.0922. The lowest BCUT2D eigenvalue weighted by Gasteiger charge is -2.32. The second-order valence-electron chi connectivity index (χ2n) is 7.28. The Labute approximate surface area is 167 Å². The van der Waals surface area contributed by atoms with E-state index >= 15 is 0 Å². The van der Waals surface area contributed by atoms with E-state index < -0.39 is 5.91 Å². The molecule has 150 valence electrons. The zero-order valence-corrected chi connectivity index (χ0v) is 15.9. The maximum Gasteiger partial charge on any atom is 0.326 e. The van der Waals surface area contributed by atoms with Gasteiger partial charge in [-0.15, -0.1) is 0 Å². The number of H-pyrrole nitrogens is 1. The van der Waals surface area contributed by atoms with Crippen LogP contribution in [0.25, 0.3) is 11.0 Å². The lowest BCUT2D eigenvalue weighted by atomic mass is 10.0. The molecule has 1 aliphatic heterocycles. The molecule has 0 radical (unpaired) electrons. The molecule has 0 saturated carbocycles. The highest BCUT2D eigenvalue weighted by molar-refractivity contribution is 6.03. The van der Waals surface area contributed by atoms with Crippen LogP contribution in [-0.2, 0) is 4.79 Å². The second kappa shape index (κ2) is 7.92. The zero-order valence-electron chi connectivity index (χ0n) is 15.9. The molecule has 2 heterocycles. The van der Waals surface area contributed by atoms with Crippen LogP contribution in [0.2, 0.25) is 0 Å². The van der Waals surface area contributed by atoms with Gasteiger partial charge in [-0.3, -0.25) is 19.1 Å². The summed E-state index contributed by atoms with van der Waals surface area (Å²) in [6.45, 7) is 1.64. The normalized spacial score (nSPS) is 15.4. The number of nitrogens with one attached hydrogen (secondary N) is 2. The van der Waals surface area contributed by atoms with Crippen LogP contribution in [0.4, 0.5) is 5.69 Å². The number of benzene rings is 2. The summed E-state index contributed by atoms with van der Waals surface area (Å²) in [6, 6.07) is 14.5. The molecule has 1 fully saturated rings. The molecular formula is C21H23N5O3. The average molecular weight is 393 g/mol. The Morgan fingerprint density at radius 3 is 2.52 bits per heavy atom. The fourth-order valence-corrected chi connectivity index (χ4v) is 3.97. The Bertz CT molecular complexity index is 1110. The molecule has 8 nitrogen and oxygen atoms in total. The number of amides is 2. The van der Waals surface area contributed by atoms with Crippen molar-refractivity contribution >= 4 is 28.5 Å². The maximum atomic E-state index is 12.4. The van der Waals surface area contributed by atoms with Crippen LogP contribution in [0.1, 0.15) is 29.2 Å². The molecule has 4 N–H and O–H groups in total. The number of primary amides is 1. The highest BCUT2D eigenvalue weighted by Gasteiger charge is 2.24. The van der Waals surface area contributed by atoms with Gasteiger partial charge in [0.25, 0.3) is 5.91 Å². The van der Waals surface area contributed by atoms with Gasteiger partial charge in [0, 0.05) is 19.1 Å². The van der Waals surface area contributed by atoms with Gasteiger partial charge in [-0.25, -0.2) is 4.79 Å². The SMILES string of the molecule is NC(=O)c1ccccc1NC(=O)CN1CCC(n2c(=O)[nH]c3ccccc32)CC1. The summed E-state index contributed by atoms with van der Waals surface area (Å²) < 4.78 is 1.83. The van der Waals surface area contributed by atoms with Crippen molar-refractivity contribution in [3.05, 3.63) is 64.6 Å². The summed E-state index contributed by atoms with van der Waals surface area (Å²) in [6.07, 6.45) is 1.57. The number of carbonyl (C=O) groups is 2. The number of rotatable bonds is 5. The third-order valence-corrected chi connectivity index (χ3v) is 5.38. The molecule has 0 bridgehead atoms. The molecule has 1 aliphatic rings. The van der Waals surface area contributed by atoms with Gasteiger partial charge in [0.15, 0.2) is 0 Å². The van der Waals surface area contributed by atoms with E-state index in [1.165, 1.54) is 0 Å². The lowest BCUT2D eigenvalue weighted by molar-refractivity contribution is -0.117. The van der Waals surface area contributed by atoms with E-state index in [-0.39, 0.29) is 24.2 Å². The Hall–Kier alpha value is -3.39. The predicted octanol–water partition coefficient (Wildman–Crippen LogP) is 1.70. The van der Waals surface area contributed by atoms with Crippen molar-refractivity contribution in [3.8, 4) is 0 Å². The number of imidazole rings is 1. The molecule has 3 aromatic rings. The quantitative estimate of drug-likeness (QED) is 0.612. The number of nitrogens with zero attached hydrogens (tertiary/aromatic N) is 2. The van der Waals surface area contributed by atoms with E-state index in [1.54, 1.807) is 24.3 Å². The summed E-state index contributed by atoms with van der Waals surface area (Å²) in [4.78, 5) is 41.3. The van der Waals surface area contributed by atoms with E-state index in [2.05, 4.69) is 15.2 Å². The number of piperidine rings is 1. The molecule has 0 unspecified atom stereocenters. The summed E-state index contributed by atoms with van der Waals surface area (Å²) in [5, 5.41) is 2.77. The fourth-order valence-electron chi connectivity index (χ4n) is 3.97. The molecular weight excluding hydrogens is 370 g/mol. The van der Waals surface area contributed by atoms with Crippen molar-refractivity contribution in [2.45, 2.75) is 18.9 Å². The van der Waals surface area contributed by atoms with Crippen molar-refractivity contribution in [1.29, 1.82) is 0 Å². The van der Waals surface area contributed by atoms with Gasteiger partial charge in [0.2, 0.25) is 5.91 Å². The van der Waals surface area contributed by atoms with Crippen LogP contribution in [0.15, 0.2) is 53.3 Å². The molecule has 0 atom stereocenters. The van der Waals surface area contributed by atoms with E-state index in [0.717, 1.165) is 23.9 Å². The first-order chi connectivity index (χ1) is 14.0. The molecule has 8 heteroatoms. The summed E-state index contributed by atoms with van der Waals surface area (Å²) in [5.74, 6) is -0.771. The first-order valence-corrected chi connectivity index (χ1v) is 9.63. The minimum Gasteiger partial charge on any atom is -0.366 e. The predicted molar refractivity (Wildman–Crippen MR) is 111 cm³/mol. The van der Waals surface area contributed by atoms with Crippen molar-refractivity contribution in [1.82, 2.24) is 14.5 Å². The van der Waals surface area contributed by atoms with E-state index in [9.17, 15) is 14.4 Å². The lowest BCUT2D eigenvalue weighted by Crippen LogP contribution is -2.41. The van der Waals surface area contributed by atoms with Gasteiger partial charge < -0.3 is 16.0 Å². The van der Waals surface area contributed by atoms with Crippen molar-refractivity contribution in [2.24, 2.45) is 5.73 Å². The maximum absolute atomic E-state index is 12.4. The largest absolute Gasteiger partial charge is 0.366 e. The van der Waals surface area contributed by atoms with Crippen molar-refractivity contribution < 1.29 is 9.59 Å². The highest BCUT2D eigenvalue weighted by atomic mass is 16.2. The topological polar surface area (TPSA) is 113 Å². The molecule has 4 rings (SSSR count). The van der Waals surface area contributed by atoms with Crippen molar-refractivity contribution in [3.63, 3.8) is 0 Å². The van der Waals surface area contributed by atoms with Crippen LogP contribution in [0.3, 0.4) is 0 Å². The number of hydrogen-bond donors (Lipinski definition) is 3. The summed E-state index contributed by atoms with van der Waals surface area (Å²) >= 11 is 0. The van der Waals surface area contributed by atoms with Gasteiger partial charge in [0.05, 0.1) is 28.8 Å². The van der Waals surface area contributed by atoms with E-state index in [4.69, 9.17) is 5.73 Å². The molecule has 0 spiro atoms. The number of para-hydroxylation sites is 3. The molecule has 2 aromatic carbocycles.